The van der Waals surface area contributed by atoms with Crippen LogP contribution in [0.25, 0.3) is 10.9 Å². The number of hydrogen-bond acceptors (Lipinski definition) is 2. The van der Waals surface area contributed by atoms with Crippen LogP contribution in [0.5, 0.6) is 0 Å². The van der Waals surface area contributed by atoms with E-state index in [1.165, 1.54) is 12.3 Å². The number of fused-ring (bicyclic) bond motifs is 1. The van der Waals surface area contributed by atoms with Crippen molar-refractivity contribution >= 4 is 17.2 Å². The van der Waals surface area contributed by atoms with Gasteiger partial charge in [0, 0.05) is 17.1 Å². The van der Waals surface area contributed by atoms with Gasteiger partial charge >= 0.3 is 12.4 Å². The summed E-state index contributed by atoms with van der Waals surface area (Å²) in [5.74, 6) is 0. The molecule has 0 atom stereocenters. The van der Waals surface area contributed by atoms with Gasteiger partial charge in [0.25, 0.3) is 0 Å². The van der Waals surface area contributed by atoms with E-state index in [9.17, 15) is 31.1 Å². The number of nitrogens with zero attached hydrogens (tertiary/aromatic N) is 2. The first-order valence-electron chi connectivity index (χ1n) is 7.28. The van der Waals surface area contributed by atoms with Gasteiger partial charge in [-0.2, -0.15) is 31.4 Å². The molecule has 0 N–H and O–H groups in total. The summed E-state index contributed by atoms with van der Waals surface area (Å²) in [6.45, 7) is -0.389. The highest BCUT2D eigenvalue weighted by Crippen LogP contribution is 2.37. The molecule has 0 aliphatic carbocycles. The molecule has 0 bridgehead atoms. The molecule has 0 amide bonds. The van der Waals surface area contributed by atoms with Gasteiger partial charge < -0.3 is 0 Å². The van der Waals surface area contributed by atoms with Crippen molar-refractivity contribution in [2.75, 3.05) is 0 Å². The molecular formula is C17H10F6N2O. The van der Waals surface area contributed by atoms with Crippen molar-refractivity contribution in [3.8, 4) is 0 Å². The summed E-state index contributed by atoms with van der Waals surface area (Å²) in [6.07, 6.45) is -7.85. The van der Waals surface area contributed by atoms with Gasteiger partial charge in [-0.3, -0.25) is 9.48 Å². The quantitative estimate of drug-likeness (QED) is 0.482. The Hall–Kier alpha value is -2.84. The van der Waals surface area contributed by atoms with Gasteiger partial charge in [-0.05, 0) is 23.8 Å². The van der Waals surface area contributed by atoms with Crippen LogP contribution < -0.4 is 0 Å². The normalized spacial score (nSPS) is 12.5. The lowest BCUT2D eigenvalue weighted by Gasteiger charge is -2.16. The second-order valence-electron chi connectivity index (χ2n) is 5.59. The number of carbonyl (C=O) groups excluding carboxylic acids is 1. The lowest BCUT2D eigenvalue weighted by molar-refractivity contribution is -0.143. The van der Waals surface area contributed by atoms with Crippen molar-refractivity contribution in [3.05, 3.63) is 64.8 Å². The Morgan fingerprint density at radius 3 is 2.35 bits per heavy atom. The number of aromatic nitrogens is 2. The number of carbonyl (C=O) groups is 1. The number of hydrogen-bond donors (Lipinski definition) is 0. The Labute approximate surface area is 142 Å². The molecular weight excluding hydrogens is 362 g/mol. The minimum absolute atomic E-state index is 0.0927. The molecule has 0 aliphatic heterocycles. The molecule has 0 spiro atoms. The van der Waals surface area contributed by atoms with Crippen molar-refractivity contribution in [2.45, 2.75) is 18.9 Å². The first-order valence-corrected chi connectivity index (χ1v) is 7.28. The summed E-state index contributed by atoms with van der Waals surface area (Å²) in [7, 11) is 0. The molecule has 3 aromatic rings. The van der Waals surface area contributed by atoms with E-state index >= 15 is 0 Å². The number of rotatable bonds is 3. The van der Waals surface area contributed by atoms with E-state index in [2.05, 4.69) is 5.10 Å². The van der Waals surface area contributed by atoms with Crippen LogP contribution in [0.3, 0.4) is 0 Å². The molecule has 26 heavy (non-hydrogen) atoms. The predicted molar refractivity (Wildman–Crippen MR) is 80.7 cm³/mol. The number of halogens is 6. The van der Waals surface area contributed by atoms with Crippen LogP contribution in [-0.2, 0) is 18.9 Å². The van der Waals surface area contributed by atoms with Crippen molar-refractivity contribution in [3.63, 3.8) is 0 Å². The summed E-state index contributed by atoms with van der Waals surface area (Å²) < 4.78 is 78.9. The molecule has 0 unspecified atom stereocenters. The van der Waals surface area contributed by atoms with E-state index in [0.717, 1.165) is 10.7 Å². The number of alkyl halides is 6. The zero-order chi connectivity index (χ0) is 19.1. The highest BCUT2D eigenvalue weighted by atomic mass is 19.4. The molecule has 0 saturated heterocycles. The van der Waals surface area contributed by atoms with Gasteiger partial charge in [0.15, 0.2) is 6.29 Å². The van der Waals surface area contributed by atoms with Crippen LogP contribution >= 0.6 is 0 Å². The number of benzene rings is 2. The molecule has 0 saturated carbocycles. The Morgan fingerprint density at radius 1 is 1.00 bits per heavy atom. The van der Waals surface area contributed by atoms with Crippen LogP contribution in [0.4, 0.5) is 26.3 Å². The fourth-order valence-electron chi connectivity index (χ4n) is 2.63. The van der Waals surface area contributed by atoms with Gasteiger partial charge in [-0.1, -0.05) is 18.2 Å². The molecule has 0 radical (unpaired) electrons. The lowest BCUT2D eigenvalue weighted by atomic mass is 10.0. The second kappa shape index (κ2) is 6.15. The van der Waals surface area contributed by atoms with Crippen LogP contribution in [0.15, 0.2) is 42.6 Å². The molecule has 1 heterocycles. The van der Waals surface area contributed by atoms with Crippen LogP contribution in [0.1, 0.15) is 27.0 Å². The third-order valence-electron chi connectivity index (χ3n) is 3.83. The molecule has 0 aliphatic rings. The fraction of sp³-hybridized carbons (Fsp3) is 0.176. The van der Waals surface area contributed by atoms with Crippen molar-refractivity contribution in [2.24, 2.45) is 0 Å². The minimum atomic E-state index is -4.95. The summed E-state index contributed by atoms with van der Waals surface area (Å²) in [6, 6.07) is 6.16. The molecule has 3 nitrogen and oxygen atoms in total. The van der Waals surface area contributed by atoms with E-state index < -0.39 is 23.5 Å². The van der Waals surface area contributed by atoms with Crippen LogP contribution in [0, 0.1) is 0 Å². The average Bonchev–Trinajstić information content (AvgIpc) is 2.95. The summed E-state index contributed by atoms with van der Waals surface area (Å²) >= 11 is 0. The molecule has 136 valence electrons. The monoisotopic (exact) mass is 372 g/mol. The fourth-order valence-corrected chi connectivity index (χ4v) is 2.63. The van der Waals surface area contributed by atoms with E-state index in [1.54, 1.807) is 12.1 Å². The van der Waals surface area contributed by atoms with Crippen molar-refractivity contribution in [1.29, 1.82) is 0 Å². The van der Waals surface area contributed by atoms with Crippen LogP contribution in [-0.4, -0.2) is 16.1 Å². The standard InChI is InChI=1S/C17H10F6N2O/c18-16(19,20)12-5-4-10(14(6-12)17(21,22)23)7-25-8-13-11(9-26)2-1-3-15(13)24-25/h1-6,8-9H,7H2. The third kappa shape index (κ3) is 3.42. The summed E-state index contributed by atoms with van der Waals surface area (Å²) in [5.41, 5.74) is -2.39. The molecule has 3 rings (SSSR count). The third-order valence-corrected chi connectivity index (χ3v) is 3.83. The van der Waals surface area contributed by atoms with E-state index in [0.29, 0.717) is 28.8 Å². The lowest BCUT2D eigenvalue weighted by Crippen LogP contribution is -2.15. The van der Waals surface area contributed by atoms with Crippen molar-refractivity contribution < 1.29 is 31.1 Å². The number of aldehydes is 1. The summed E-state index contributed by atoms with van der Waals surface area (Å²) in [5, 5.41) is 4.53. The highest BCUT2D eigenvalue weighted by Gasteiger charge is 2.38. The van der Waals surface area contributed by atoms with Crippen LogP contribution in [0.2, 0.25) is 0 Å². The highest BCUT2D eigenvalue weighted by molar-refractivity contribution is 5.96. The zero-order valence-corrected chi connectivity index (χ0v) is 12.9. The Bertz CT molecular complexity index is 972. The van der Waals surface area contributed by atoms with E-state index in [-0.39, 0.29) is 18.2 Å². The molecule has 0 fully saturated rings. The van der Waals surface area contributed by atoms with Gasteiger partial charge in [0.2, 0.25) is 0 Å². The molecule has 9 heteroatoms. The van der Waals surface area contributed by atoms with E-state index in [1.807, 2.05) is 0 Å². The smallest absolute Gasteiger partial charge is 0.298 e. The van der Waals surface area contributed by atoms with Gasteiger partial charge in [0.05, 0.1) is 23.2 Å². The predicted octanol–water partition coefficient (Wildman–Crippen LogP) is 4.93. The maximum Gasteiger partial charge on any atom is 0.416 e. The first kappa shape index (κ1) is 18.0. The SMILES string of the molecule is O=Cc1cccc2nn(Cc3ccc(C(F)(F)F)cc3C(F)(F)F)cc12. The first-order chi connectivity index (χ1) is 12.1. The van der Waals surface area contributed by atoms with Gasteiger partial charge in [0.1, 0.15) is 0 Å². The van der Waals surface area contributed by atoms with Gasteiger partial charge in [-0.25, -0.2) is 0 Å². The Kier molecular flexibility index (Phi) is 4.25. The minimum Gasteiger partial charge on any atom is -0.298 e. The zero-order valence-electron chi connectivity index (χ0n) is 12.9. The molecule has 2 aromatic carbocycles. The van der Waals surface area contributed by atoms with Crippen molar-refractivity contribution in [1.82, 2.24) is 9.78 Å². The second-order valence-corrected chi connectivity index (χ2v) is 5.59. The Morgan fingerprint density at radius 2 is 1.73 bits per heavy atom. The van der Waals surface area contributed by atoms with E-state index in [4.69, 9.17) is 0 Å². The Balaban J connectivity index is 2.06. The maximum atomic E-state index is 13.2. The van der Waals surface area contributed by atoms with Gasteiger partial charge in [-0.15, -0.1) is 0 Å². The topological polar surface area (TPSA) is 34.9 Å². The molecule has 1 aromatic heterocycles. The average molecular weight is 372 g/mol. The summed E-state index contributed by atoms with van der Waals surface area (Å²) in [4.78, 5) is 11.0. The largest absolute Gasteiger partial charge is 0.416 e. The maximum absolute atomic E-state index is 13.2.